The first-order valence-corrected chi connectivity index (χ1v) is 5.56. The minimum Gasteiger partial charge on any atom is -0.475 e. The Hall–Kier alpha value is -2.15. The molecule has 0 fully saturated rings. The molecule has 1 aromatic heterocycles. The van der Waals surface area contributed by atoms with Gasteiger partial charge in [-0.3, -0.25) is 10.1 Å². The van der Waals surface area contributed by atoms with E-state index in [-0.39, 0.29) is 11.4 Å². The fraction of sp³-hybridized carbons (Fsp3) is 0. The van der Waals surface area contributed by atoms with Crippen molar-refractivity contribution in [3.63, 3.8) is 0 Å². The normalized spacial score (nSPS) is 10.3. The molecule has 1 heterocycles. The lowest BCUT2D eigenvalue weighted by Crippen LogP contribution is -1.91. The molecular formula is C11H6BrNO5. The van der Waals surface area contributed by atoms with Crippen molar-refractivity contribution in [2.45, 2.75) is 0 Å². The van der Waals surface area contributed by atoms with Crippen LogP contribution in [0.4, 0.5) is 5.69 Å². The topological polar surface area (TPSA) is 93.6 Å². The Morgan fingerprint density at radius 3 is 2.56 bits per heavy atom. The lowest BCUT2D eigenvalue weighted by Gasteiger charge is -2.00. The number of carbonyl (C=O) groups is 1. The first-order chi connectivity index (χ1) is 8.49. The van der Waals surface area contributed by atoms with Crippen LogP contribution in [0.3, 0.4) is 0 Å². The maximum atomic E-state index is 10.7. The molecule has 6 nitrogen and oxygen atoms in total. The Labute approximate surface area is 109 Å². The summed E-state index contributed by atoms with van der Waals surface area (Å²) in [5.41, 5.74) is 0.490. The van der Waals surface area contributed by atoms with Gasteiger partial charge in [0.1, 0.15) is 5.76 Å². The number of hydrogen-bond acceptors (Lipinski definition) is 4. The number of nitro groups is 1. The average molecular weight is 312 g/mol. The molecule has 2 rings (SSSR count). The smallest absolute Gasteiger partial charge is 0.371 e. The number of halogens is 1. The summed E-state index contributed by atoms with van der Waals surface area (Å²) in [7, 11) is 0. The summed E-state index contributed by atoms with van der Waals surface area (Å²) in [6.45, 7) is 0. The molecule has 0 saturated carbocycles. The summed E-state index contributed by atoms with van der Waals surface area (Å²) in [5.74, 6) is -1.02. The lowest BCUT2D eigenvalue weighted by molar-refractivity contribution is -0.384. The molecule has 0 unspecified atom stereocenters. The van der Waals surface area contributed by atoms with Crippen molar-refractivity contribution < 1.29 is 19.2 Å². The minimum absolute atomic E-state index is 0.0596. The number of aromatic carboxylic acids is 1. The molecule has 0 aliphatic heterocycles. The number of carboxylic acids is 1. The predicted octanol–water partition coefficient (Wildman–Crippen LogP) is 3.32. The van der Waals surface area contributed by atoms with Crippen molar-refractivity contribution >= 4 is 27.6 Å². The van der Waals surface area contributed by atoms with Crippen molar-refractivity contribution in [1.82, 2.24) is 0 Å². The van der Waals surface area contributed by atoms with Crippen molar-refractivity contribution in [3.05, 3.63) is 50.7 Å². The van der Waals surface area contributed by atoms with E-state index in [1.165, 1.54) is 30.3 Å². The third kappa shape index (κ3) is 2.25. The number of benzene rings is 1. The maximum Gasteiger partial charge on any atom is 0.371 e. The van der Waals surface area contributed by atoms with E-state index in [1.807, 2.05) is 0 Å². The molecule has 0 saturated heterocycles. The molecule has 18 heavy (non-hydrogen) atoms. The van der Waals surface area contributed by atoms with Gasteiger partial charge in [0.25, 0.3) is 5.69 Å². The molecule has 92 valence electrons. The molecule has 1 aromatic carbocycles. The standard InChI is InChI=1S/C11H6BrNO5/c12-8-5-6(13(16)17)1-2-7(8)9-3-4-10(18-9)11(14)15/h1-5H,(H,14,15). The number of carboxylic acid groups (broad SMARTS) is 1. The number of furan rings is 1. The molecule has 0 aliphatic carbocycles. The summed E-state index contributed by atoms with van der Waals surface area (Å²) in [4.78, 5) is 20.7. The van der Waals surface area contributed by atoms with E-state index >= 15 is 0 Å². The Kier molecular flexibility index (Phi) is 3.15. The summed E-state index contributed by atoms with van der Waals surface area (Å²) in [6.07, 6.45) is 0. The second-order valence-corrected chi connectivity index (χ2v) is 4.24. The molecule has 2 aromatic rings. The van der Waals surface area contributed by atoms with Crippen LogP contribution in [0.1, 0.15) is 10.6 Å². The van der Waals surface area contributed by atoms with Crippen molar-refractivity contribution in [2.75, 3.05) is 0 Å². The quantitative estimate of drug-likeness (QED) is 0.693. The number of nitrogens with zero attached hydrogens (tertiary/aromatic N) is 1. The summed E-state index contributed by atoms with van der Waals surface area (Å²) in [5, 5.41) is 19.3. The second kappa shape index (κ2) is 4.61. The Morgan fingerprint density at radius 1 is 1.33 bits per heavy atom. The van der Waals surface area contributed by atoms with Gasteiger partial charge in [0.05, 0.1) is 4.92 Å². The largest absolute Gasteiger partial charge is 0.475 e. The highest BCUT2D eigenvalue weighted by Crippen LogP contribution is 2.32. The zero-order chi connectivity index (χ0) is 13.3. The molecule has 0 spiro atoms. The van der Waals surface area contributed by atoms with Gasteiger partial charge in [-0.2, -0.15) is 0 Å². The maximum absolute atomic E-state index is 10.7. The third-order valence-electron chi connectivity index (χ3n) is 2.25. The number of nitro benzene ring substituents is 1. The molecule has 0 amide bonds. The SMILES string of the molecule is O=C(O)c1ccc(-c2ccc([N+](=O)[O-])cc2Br)o1. The van der Waals surface area contributed by atoms with E-state index in [4.69, 9.17) is 9.52 Å². The fourth-order valence-electron chi connectivity index (χ4n) is 1.41. The number of non-ortho nitro benzene ring substituents is 1. The number of hydrogen-bond donors (Lipinski definition) is 1. The summed E-state index contributed by atoms with van der Waals surface area (Å²) >= 11 is 3.19. The number of rotatable bonds is 3. The zero-order valence-corrected chi connectivity index (χ0v) is 10.4. The van der Waals surface area contributed by atoms with Crippen LogP contribution in [0.15, 0.2) is 39.2 Å². The molecule has 1 N–H and O–H groups in total. The van der Waals surface area contributed by atoms with Crippen LogP contribution in [-0.4, -0.2) is 16.0 Å². The van der Waals surface area contributed by atoms with Gasteiger partial charge >= 0.3 is 5.97 Å². The molecule has 0 bridgehead atoms. The average Bonchev–Trinajstić information content (AvgIpc) is 2.78. The van der Waals surface area contributed by atoms with E-state index in [0.717, 1.165) is 0 Å². The molecule has 0 radical (unpaired) electrons. The minimum atomic E-state index is -1.17. The Bertz CT molecular complexity index is 634. The van der Waals surface area contributed by atoms with Crippen LogP contribution >= 0.6 is 15.9 Å². The second-order valence-electron chi connectivity index (χ2n) is 3.39. The van der Waals surface area contributed by atoms with Crippen LogP contribution in [0, 0.1) is 10.1 Å². The van der Waals surface area contributed by atoms with Crippen LogP contribution in [0.2, 0.25) is 0 Å². The predicted molar refractivity (Wildman–Crippen MR) is 65.5 cm³/mol. The van der Waals surface area contributed by atoms with Gasteiger partial charge in [-0.15, -0.1) is 0 Å². The van der Waals surface area contributed by atoms with Crippen LogP contribution in [0.5, 0.6) is 0 Å². The summed E-state index contributed by atoms with van der Waals surface area (Å²) < 4.78 is 5.57. The van der Waals surface area contributed by atoms with Gasteiger partial charge in [0.2, 0.25) is 5.76 Å². The summed E-state index contributed by atoms with van der Waals surface area (Å²) in [6, 6.07) is 6.97. The van der Waals surface area contributed by atoms with E-state index in [2.05, 4.69) is 15.9 Å². The first kappa shape index (κ1) is 12.3. The molecule has 7 heteroatoms. The highest BCUT2D eigenvalue weighted by Gasteiger charge is 2.15. The monoisotopic (exact) mass is 311 g/mol. The van der Waals surface area contributed by atoms with Gasteiger partial charge in [0, 0.05) is 22.2 Å². The molecular weight excluding hydrogens is 306 g/mol. The fourth-order valence-corrected chi connectivity index (χ4v) is 1.98. The van der Waals surface area contributed by atoms with E-state index < -0.39 is 10.9 Å². The van der Waals surface area contributed by atoms with Crippen LogP contribution < -0.4 is 0 Å². The van der Waals surface area contributed by atoms with Crippen LogP contribution in [-0.2, 0) is 0 Å². The van der Waals surface area contributed by atoms with E-state index in [0.29, 0.717) is 15.8 Å². The van der Waals surface area contributed by atoms with E-state index in [9.17, 15) is 14.9 Å². The molecule has 0 aliphatic rings. The van der Waals surface area contributed by atoms with Crippen molar-refractivity contribution in [2.24, 2.45) is 0 Å². The lowest BCUT2D eigenvalue weighted by atomic mass is 10.1. The van der Waals surface area contributed by atoms with Gasteiger partial charge in [-0.25, -0.2) is 4.79 Å². The van der Waals surface area contributed by atoms with Gasteiger partial charge in [0.15, 0.2) is 0 Å². The zero-order valence-electron chi connectivity index (χ0n) is 8.79. The molecule has 0 atom stereocenters. The van der Waals surface area contributed by atoms with Crippen LogP contribution in [0.25, 0.3) is 11.3 Å². The Morgan fingerprint density at radius 2 is 2.06 bits per heavy atom. The first-order valence-electron chi connectivity index (χ1n) is 4.76. The highest BCUT2D eigenvalue weighted by molar-refractivity contribution is 9.10. The van der Waals surface area contributed by atoms with Gasteiger partial charge in [-0.1, -0.05) is 0 Å². The van der Waals surface area contributed by atoms with Crippen molar-refractivity contribution in [3.8, 4) is 11.3 Å². The third-order valence-corrected chi connectivity index (χ3v) is 2.90. The van der Waals surface area contributed by atoms with Crippen molar-refractivity contribution in [1.29, 1.82) is 0 Å². The van der Waals surface area contributed by atoms with Gasteiger partial charge < -0.3 is 9.52 Å². The highest BCUT2D eigenvalue weighted by atomic mass is 79.9. The Balaban J connectivity index is 2.44. The van der Waals surface area contributed by atoms with Gasteiger partial charge in [-0.05, 0) is 34.1 Å². The van der Waals surface area contributed by atoms with E-state index in [1.54, 1.807) is 0 Å².